The Morgan fingerprint density at radius 2 is 0.300 bits per heavy atom. The molecule has 0 nitrogen and oxygen atoms in total. The van der Waals surface area contributed by atoms with E-state index in [1.165, 1.54) is 0 Å². The van der Waals surface area contributed by atoms with E-state index in [1.54, 1.807) is 0 Å². The van der Waals surface area contributed by atoms with Crippen molar-refractivity contribution in [2.45, 2.75) is 72.3 Å². The van der Waals surface area contributed by atoms with Crippen LogP contribution in [0.5, 0.6) is 0 Å². The van der Waals surface area contributed by atoms with Crippen molar-refractivity contribution in [2.75, 3.05) is 0 Å². The summed E-state index contributed by atoms with van der Waals surface area (Å²) in [5.41, 5.74) is 0. The summed E-state index contributed by atoms with van der Waals surface area (Å²) in [6, 6.07) is 0. The molecular weight excluding hydrogens is 120 g/mol. The summed E-state index contributed by atoms with van der Waals surface area (Å²) in [6.07, 6.45) is 0. The molecule has 0 aromatic rings. The molecule has 0 radical (unpaired) electrons. The molecule has 0 unspecified atom stereocenters. The molecule has 10 heavy (non-hydrogen) atoms. The van der Waals surface area contributed by atoms with Crippen LogP contribution >= 0.6 is 0 Å². The van der Waals surface area contributed by atoms with Gasteiger partial charge in [-0.3, -0.25) is 0 Å². The second-order valence-corrected chi connectivity index (χ2v) is 0. The minimum atomic E-state index is 0. The largest absolute Gasteiger partial charge is 0.0776 e. The molecule has 0 rings (SSSR count). The number of hydrogen-bond donors (Lipinski definition) is 0. The van der Waals surface area contributed by atoms with E-state index in [0.29, 0.717) is 0 Å². The molecule has 0 N–H and O–H groups in total. The van der Waals surface area contributed by atoms with Crippen molar-refractivity contribution < 1.29 is 0 Å². The lowest BCUT2D eigenvalue weighted by Crippen LogP contribution is -0.856. The van der Waals surface area contributed by atoms with Crippen molar-refractivity contribution in [1.82, 2.24) is 0 Å². The van der Waals surface area contributed by atoms with E-state index in [-0.39, 0.29) is 44.6 Å². The maximum atomic E-state index is 2.00. The Labute approximate surface area is 73.1 Å². The van der Waals surface area contributed by atoms with Crippen LogP contribution in [0.4, 0.5) is 0 Å². The van der Waals surface area contributed by atoms with Gasteiger partial charge < -0.3 is 0 Å². The van der Waals surface area contributed by atoms with Gasteiger partial charge in [0.15, 0.2) is 0 Å². The maximum Gasteiger partial charge on any atom is -0.0683 e. The zero-order valence-corrected chi connectivity index (χ0v) is 4.00. The molecule has 0 aliphatic carbocycles. The minimum absolute atomic E-state index is 0. The first-order chi connectivity index (χ1) is 2.00. The fourth-order valence-corrected chi connectivity index (χ4v) is 0. The fraction of sp³-hybridized carbons (Fsp3) is 1.00. The SMILES string of the molecule is C.C.C.C.C.C.CC.CC. The summed E-state index contributed by atoms with van der Waals surface area (Å²) in [5.74, 6) is 0. The standard InChI is InChI=1S/2C2H6.6CH4/c2*1-2;;;;;;/h2*1-2H3;6*1H4. The highest BCUT2D eigenvalue weighted by molar-refractivity contribution is 3.51. The van der Waals surface area contributed by atoms with E-state index in [9.17, 15) is 0 Å². The Bertz CT molecular complexity index is 0. The molecule has 0 aliphatic heterocycles. The molecule has 0 aliphatic rings. The van der Waals surface area contributed by atoms with Gasteiger partial charge in [-0.1, -0.05) is 72.3 Å². The monoisotopic (exact) mass is 156 g/mol. The molecule has 0 spiro atoms. The lowest BCUT2D eigenvalue weighted by atomic mass is 11.0. The second kappa shape index (κ2) is 0. The van der Waals surface area contributed by atoms with Crippen LogP contribution in [0, 0.1) is 0 Å². The molecule has 0 amide bonds. The average molecular weight is 156 g/mol. The highest BCUT2D eigenvalue weighted by Crippen LogP contribution is 1.15. The van der Waals surface area contributed by atoms with Crippen molar-refractivity contribution in [2.24, 2.45) is 0 Å². The number of rotatable bonds is 0. The predicted octanol–water partition coefficient (Wildman–Crippen LogP) is 5.87. The van der Waals surface area contributed by atoms with Crippen molar-refractivity contribution in [3.63, 3.8) is 0 Å². The lowest BCUT2D eigenvalue weighted by molar-refractivity contribution is 1.50. The molecule has 0 fully saturated rings. The van der Waals surface area contributed by atoms with E-state index in [0.717, 1.165) is 0 Å². The molecule has 0 saturated heterocycles. The topological polar surface area (TPSA) is 0 Å². The van der Waals surface area contributed by atoms with Crippen LogP contribution in [0.25, 0.3) is 0 Å². The van der Waals surface area contributed by atoms with Gasteiger partial charge in [-0.2, -0.15) is 0 Å². The van der Waals surface area contributed by atoms with Crippen molar-refractivity contribution in [3.05, 3.63) is 0 Å². The third-order valence-corrected chi connectivity index (χ3v) is 0. The summed E-state index contributed by atoms with van der Waals surface area (Å²) < 4.78 is 0. The summed E-state index contributed by atoms with van der Waals surface area (Å²) in [5, 5.41) is 0. The van der Waals surface area contributed by atoms with Crippen molar-refractivity contribution >= 4 is 0 Å². The second-order valence-electron chi connectivity index (χ2n) is 0. The van der Waals surface area contributed by atoms with Gasteiger partial charge in [-0.25, -0.2) is 0 Å². The minimum Gasteiger partial charge on any atom is -0.0776 e. The van der Waals surface area contributed by atoms with Crippen LogP contribution in [0.2, 0.25) is 0 Å². The quantitative estimate of drug-likeness (QED) is 0.411. The zero-order chi connectivity index (χ0) is 4.00. The van der Waals surface area contributed by atoms with Crippen molar-refractivity contribution in [3.8, 4) is 0 Å². The van der Waals surface area contributed by atoms with Crippen LogP contribution < -0.4 is 0 Å². The predicted molar refractivity (Wildman–Crippen MR) is 63.1 cm³/mol. The van der Waals surface area contributed by atoms with Crippen LogP contribution in [0.15, 0.2) is 0 Å². The molecule has 0 atom stereocenters. The molecule has 0 heterocycles. The molecule has 0 aromatic heterocycles. The van der Waals surface area contributed by atoms with Crippen LogP contribution in [0.3, 0.4) is 0 Å². The fourth-order valence-electron chi connectivity index (χ4n) is 0. The Morgan fingerprint density at radius 3 is 0.300 bits per heavy atom. The van der Waals surface area contributed by atoms with Crippen LogP contribution in [-0.2, 0) is 0 Å². The van der Waals surface area contributed by atoms with Crippen LogP contribution in [-0.4, -0.2) is 0 Å². The summed E-state index contributed by atoms with van der Waals surface area (Å²) in [7, 11) is 0. The first-order valence-corrected chi connectivity index (χ1v) is 2.00. The highest BCUT2D eigenvalue weighted by atomic mass is 13.0. The smallest absolute Gasteiger partial charge is 0.0683 e. The molecule has 0 saturated carbocycles. The third kappa shape index (κ3) is 0. The molecule has 0 heteroatoms. The Kier molecular flexibility index (Phi) is 0. The first kappa shape index (κ1) is 202. The molecular formula is C10H36. The molecule has 0 aromatic carbocycles. The molecule has 76 valence electrons. The Hall–Kier alpha value is 0. The number of hydrogen-bond acceptors (Lipinski definition) is 0. The van der Waals surface area contributed by atoms with Gasteiger partial charge in [-0.05, 0) is 0 Å². The van der Waals surface area contributed by atoms with E-state index in [2.05, 4.69) is 0 Å². The van der Waals surface area contributed by atoms with Gasteiger partial charge in [0.2, 0.25) is 0 Å². The van der Waals surface area contributed by atoms with Gasteiger partial charge in [0.05, 0.1) is 0 Å². The lowest BCUT2D eigenvalue weighted by Gasteiger charge is -1.07. The van der Waals surface area contributed by atoms with Crippen molar-refractivity contribution in [1.29, 1.82) is 0 Å². The van der Waals surface area contributed by atoms with Gasteiger partial charge >= 0.3 is 0 Å². The summed E-state index contributed by atoms with van der Waals surface area (Å²) in [4.78, 5) is 0. The summed E-state index contributed by atoms with van der Waals surface area (Å²) >= 11 is 0. The Morgan fingerprint density at radius 1 is 0.300 bits per heavy atom. The normalized spacial score (nSPS) is 1.20. The van der Waals surface area contributed by atoms with E-state index in [1.807, 2.05) is 27.7 Å². The zero-order valence-electron chi connectivity index (χ0n) is 4.00. The summed E-state index contributed by atoms with van der Waals surface area (Å²) in [6.45, 7) is 8.00. The highest BCUT2D eigenvalue weighted by Gasteiger charge is 0.934. The first-order valence-electron chi connectivity index (χ1n) is 2.00. The third-order valence-electron chi connectivity index (χ3n) is 0. The van der Waals surface area contributed by atoms with E-state index < -0.39 is 0 Å². The van der Waals surface area contributed by atoms with Gasteiger partial charge in [-0.15, -0.1) is 0 Å². The maximum absolute atomic E-state index is 2.00. The average Bonchev–Trinajstić information content (AvgIpc) is 1.50. The van der Waals surface area contributed by atoms with E-state index in [4.69, 9.17) is 0 Å². The Balaban J connectivity index is -0.000000000833. The van der Waals surface area contributed by atoms with Gasteiger partial charge in [0.25, 0.3) is 0 Å². The molecule has 0 bridgehead atoms. The van der Waals surface area contributed by atoms with Gasteiger partial charge in [0, 0.05) is 0 Å². The van der Waals surface area contributed by atoms with Crippen LogP contribution in [0.1, 0.15) is 72.3 Å². The van der Waals surface area contributed by atoms with E-state index >= 15 is 0 Å². The van der Waals surface area contributed by atoms with Gasteiger partial charge in [0.1, 0.15) is 0 Å².